The molecule has 4 heteroatoms. The van der Waals surface area contributed by atoms with Crippen LogP contribution in [0.5, 0.6) is 0 Å². The van der Waals surface area contributed by atoms with Gasteiger partial charge in [0.15, 0.2) is 0 Å². The van der Waals surface area contributed by atoms with E-state index in [1.165, 1.54) is 0 Å². The molecule has 23 heavy (non-hydrogen) atoms. The van der Waals surface area contributed by atoms with Crippen molar-refractivity contribution in [2.24, 2.45) is 0 Å². The van der Waals surface area contributed by atoms with Crippen LogP contribution in [0.3, 0.4) is 0 Å². The Balaban J connectivity index is 1.76. The van der Waals surface area contributed by atoms with Crippen LogP contribution in [0.4, 0.5) is 0 Å². The first kappa shape index (κ1) is 14.9. The van der Waals surface area contributed by atoms with E-state index < -0.39 is 0 Å². The first-order valence-electron chi connectivity index (χ1n) is 7.37. The van der Waals surface area contributed by atoms with Crippen LogP contribution in [0.1, 0.15) is 27.0 Å². The van der Waals surface area contributed by atoms with Crippen LogP contribution < -0.4 is 5.56 Å². The third kappa shape index (κ3) is 3.61. The Kier molecular flexibility index (Phi) is 4.43. The van der Waals surface area contributed by atoms with Crippen molar-refractivity contribution < 1.29 is 4.79 Å². The van der Waals surface area contributed by atoms with Crippen molar-refractivity contribution in [2.75, 3.05) is 0 Å². The second-order valence-electron chi connectivity index (χ2n) is 5.35. The summed E-state index contributed by atoms with van der Waals surface area (Å²) in [4.78, 5) is 26.8. The molecule has 0 saturated heterocycles. The van der Waals surface area contributed by atoms with E-state index in [4.69, 9.17) is 0 Å². The lowest BCUT2D eigenvalue weighted by atomic mass is 10.0. The maximum absolute atomic E-state index is 11.7. The maximum atomic E-state index is 11.7. The second kappa shape index (κ2) is 6.83. The molecule has 0 aliphatic carbocycles. The largest absolute Gasteiger partial charge is 0.311 e. The fourth-order valence-electron chi connectivity index (χ4n) is 2.47. The lowest BCUT2D eigenvalue weighted by Gasteiger charge is -2.07. The Morgan fingerprint density at radius 1 is 1.00 bits per heavy atom. The van der Waals surface area contributed by atoms with Crippen molar-refractivity contribution in [3.05, 3.63) is 99.7 Å². The van der Waals surface area contributed by atoms with E-state index in [-0.39, 0.29) is 5.56 Å². The Morgan fingerprint density at radius 3 is 2.52 bits per heavy atom. The number of rotatable bonds is 5. The summed E-state index contributed by atoms with van der Waals surface area (Å²) >= 11 is 0. The van der Waals surface area contributed by atoms with Gasteiger partial charge in [0, 0.05) is 30.2 Å². The third-order valence-corrected chi connectivity index (χ3v) is 3.74. The molecule has 0 aliphatic rings. The highest BCUT2D eigenvalue weighted by atomic mass is 16.1. The summed E-state index contributed by atoms with van der Waals surface area (Å²) in [5.74, 6) is 0. The average molecular weight is 304 g/mol. The van der Waals surface area contributed by atoms with Gasteiger partial charge in [-0.3, -0.25) is 14.6 Å². The zero-order chi connectivity index (χ0) is 16.1. The van der Waals surface area contributed by atoms with Crippen LogP contribution in [0.15, 0.2) is 71.9 Å². The van der Waals surface area contributed by atoms with Gasteiger partial charge >= 0.3 is 0 Å². The molecule has 0 saturated carbocycles. The van der Waals surface area contributed by atoms with Gasteiger partial charge in [-0.2, -0.15) is 0 Å². The lowest BCUT2D eigenvalue weighted by molar-refractivity contribution is 0.112. The molecular weight excluding hydrogens is 288 g/mol. The van der Waals surface area contributed by atoms with Gasteiger partial charge < -0.3 is 4.57 Å². The monoisotopic (exact) mass is 304 g/mol. The minimum atomic E-state index is -0.0115. The highest BCUT2D eigenvalue weighted by Gasteiger charge is 2.03. The Morgan fingerprint density at radius 2 is 1.78 bits per heavy atom. The molecule has 0 spiro atoms. The summed E-state index contributed by atoms with van der Waals surface area (Å²) in [6.07, 6.45) is 6.64. The summed E-state index contributed by atoms with van der Waals surface area (Å²) in [6, 6.07) is 14.9. The predicted octanol–water partition coefficient (Wildman–Crippen LogP) is 2.69. The number of carbonyl (C=O) groups is 1. The number of carbonyl (C=O) groups excluding carboxylic acids is 1. The summed E-state index contributed by atoms with van der Waals surface area (Å²) in [5, 5.41) is 0. The lowest BCUT2D eigenvalue weighted by Crippen LogP contribution is -2.18. The zero-order valence-electron chi connectivity index (χ0n) is 12.6. The van der Waals surface area contributed by atoms with Crippen molar-refractivity contribution in [3.63, 3.8) is 0 Å². The van der Waals surface area contributed by atoms with Gasteiger partial charge in [-0.15, -0.1) is 0 Å². The van der Waals surface area contributed by atoms with Crippen LogP contribution >= 0.6 is 0 Å². The van der Waals surface area contributed by atoms with Crippen molar-refractivity contribution in [3.8, 4) is 0 Å². The molecule has 1 aromatic carbocycles. The number of hydrogen-bond acceptors (Lipinski definition) is 3. The van der Waals surface area contributed by atoms with Crippen LogP contribution in [0.25, 0.3) is 0 Å². The van der Waals surface area contributed by atoms with E-state index in [0.29, 0.717) is 18.5 Å². The van der Waals surface area contributed by atoms with Gasteiger partial charge in [0.1, 0.15) is 6.29 Å². The molecular formula is C19H16N2O2. The molecule has 0 fully saturated rings. The van der Waals surface area contributed by atoms with Crippen LogP contribution in [-0.4, -0.2) is 15.8 Å². The van der Waals surface area contributed by atoms with Crippen LogP contribution in [-0.2, 0) is 13.0 Å². The van der Waals surface area contributed by atoms with Crippen molar-refractivity contribution in [1.82, 2.24) is 9.55 Å². The van der Waals surface area contributed by atoms with E-state index in [1.807, 2.05) is 30.3 Å². The molecule has 0 unspecified atom stereocenters. The standard InChI is InChI=1S/C19H16N2O2/c22-14-17-8-9-20-12-18(17)11-15-4-6-16(7-5-15)13-21-10-2-1-3-19(21)23/h1-10,12,14H,11,13H2. The highest BCUT2D eigenvalue weighted by Crippen LogP contribution is 2.13. The molecule has 114 valence electrons. The second-order valence-corrected chi connectivity index (χ2v) is 5.35. The number of benzene rings is 1. The number of hydrogen-bond donors (Lipinski definition) is 0. The molecule has 3 rings (SSSR count). The minimum Gasteiger partial charge on any atom is -0.311 e. The Bertz CT molecular complexity index is 867. The van der Waals surface area contributed by atoms with Crippen molar-refractivity contribution in [1.29, 1.82) is 0 Å². The molecule has 0 aliphatic heterocycles. The summed E-state index contributed by atoms with van der Waals surface area (Å²) in [5.41, 5.74) is 3.73. The Hall–Kier alpha value is -3.01. The molecule has 3 aromatic rings. The van der Waals surface area contributed by atoms with Crippen LogP contribution in [0.2, 0.25) is 0 Å². The quantitative estimate of drug-likeness (QED) is 0.681. The van der Waals surface area contributed by atoms with E-state index in [9.17, 15) is 9.59 Å². The summed E-state index contributed by atoms with van der Waals surface area (Å²) in [7, 11) is 0. The summed E-state index contributed by atoms with van der Waals surface area (Å²) in [6.45, 7) is 0.548. The molecule has 4 nitrogen and oxygen atoms in total. The van der Waals surface area contributed by atoms with Gasteiger partial charge in [-0.25, -0.2) is 0 Å². The Labute approximate surface area is 134 Å². The molecule has 0 N–H and O–H groups in total. The fourth-order valence-corrected chi connectivity index (χ4v) is 2.47. The topological polar surface area (TPSA) is 52.0 Å². The smallest absolute Gasteiger partial charge is 0.250 e. The summed E-state index contributed by atoms with van der Waals surface area (Å²) < 4.78 is 1.67. The van der Waals surface area contributed by atoms with Crippen molar-refractivity contribution in [2.45, 2.75) is 13.0 Å². The molecule has 0 radical (unpaired) electrons. The molecule has 2 aromatic heterocycles. The predicted molar refractivity (Wildman–Crippen MR) is 88.7 cm³/mol. The van der Waals surface area contributed by atoms with Gasteiger partial charge in [0.25, 0.3) is 5.56 Å². The maximum Gasteiger partial charge on any atom is 0.250 e. The highest BCUT2D eigenvalue weighted by molar-refractivity contribution is 5.77. The van der Waals surface area contributed by atoms with Gasteiger partial charge in [0.2, 0.25) is 0 Å². The molecule has 0 bridgehead atoms. The molecule has 2 heterocycles. The van der Waals surface area contributed by atoms with Gasteiger partial charge in [-0.1, -0.05) is 30.3 Å². The number of pyridine rings is 2. The van der Waals surface area contributed by atoms with Gasteiger partial charge in [-0.05, 0) is 35.2 Å². The third-order valence-electron chi connectivity index (χ3n) is 3.74. The van der Waals surface area contributed by atoms with E-state index in [0.717, 1.165) is 23.0 Å². The van der Waals surface area contributed by atoms with E-state index in [1.54, 1.807) is 41.4 Å². The number of aromatic nitrogens is 2. The average Bonchev–Trinajstić information content (AvgIpc) is 2.59. The zero-order valence-corrected chi connectivity index (χ0v) is 12.6. The van der Waals surface area contributed by atoms with E-state index in [2.05, 4.69) is 4.98 Å². The van der Waals surface area contributed by atoms with E-state index >= 15 is 0 Å². The number of aldehydes is 1. The number of nitrogens with zero attached hydrogens (tertiary/aromatic N) is 2. The van der Waals surface area contributed by atoms with Gasteiger partial charge in [0.05, 0.1) is 6.54 Å². The first-order chi connectivity index (χ1) is 11.3. The minimum absolute atomic E-state index is 0.0115. The fraction of sp³-hybridized carbons (Fsp3) is 0.105. The van der Waals surface area contributed by atoms with Crippen molar-refractivity contribution >= 4 is 6.29 Å². The molecule has 0 atom stereocenters. The first-order valence-corrected chi connectivity index (χ1v) is 7.37. The normalized spacial score (nSPS) is 10.4. The SMILES string of the molecule is O=Cc1ccncc1Cc1ccc(Cn2ccccc2=O)cc1. The van der Waals surface area contributed by atoms with Crippen LogP contribution in [0, 0.1) is 0 Å². The molecule has 0 amide bonds.